The monoisotopic (exact) mass is 126 g/mol. The van der Waals surface area contributed by atoms with E-state index < -0.39 is 0 Å². The first-order valence-electron chi connectivity index (χ1n) is 2.55. The Morgan fingerprint density at radius 1 is 1.14 bits per heavy atom. The van der Waals surface area contributed by atoms with E-state index in [0.29, 0.717) is 11.1 Å². The van der Waals surface area contributed by atoms with Gasteiger partial charge in [0.2, 0.25) is 0 Å². The van der Waals surface area contributed by atoms with Gasteiger partial charge < -0.3 is 0 Å². The standard InChI is InChI=1S/C5H10Si2/c1-4(6)3-5(2)7/h4-5H,3H2,1-2H3. The predicted octanol–water partition coefficient (Wildman–Crippen LogP) is 1.33. The van der Waals surface area contributed by atoms with Crippen molar-refractivity contribution >= 4 is 20.5 Å². The highest BCUT2D eigenvalue weighted by Gasteiger charge is 1.96. The summed E-state index contributed by atoms with van der Waals surface area (Å²) in [5, 5.41) is 0. The van der Waals surface area contributed by atoms with Crippen molar-refractivity contribution in [2.24, 2.45) is 0 Å². The van der Waals surface area contributed by atoms with Gasteiger partial charge in [-0.15, -0.1) is 0 Å². The molecular weight excluding hydrogens is 116 g/mol. The first-order chi connectivity index (χ1) is 3.13. The second kappa shape index (κ2) is 3.44. The average Bonchev–Trinajstić information content (AvgIpc) is 1.27. The van der Waals surface area contributed by atoms with Crippen molar-refractivity contribution in [3.05, 3.63) is 0 Å². The Labute approximate surface area is 52.5 Å². The number of hydrogen-bond donors (Lipinski definition) is 0. The molecule has 0 spiro atoms. The van der Waals surface area contributed by atoms with Crippen molar-refractivity contribution < 1.29 is 0 Å². The summed E-state index contributed by atoms with van der Waals surface area (Å²) in [7, 11) is 6.98. The highest BCUT2D eigenvalue weighted by molar-refractivity contribution is 6.14. The Morgan fingerprint density at radius 2 is 1.43 bits per heavy atom. The fraction of sp³-hybridized carbons (Fsp3) is 1.00. The van der Waals surface area contributed by atoms with Crippen LogP contribution in [0.25, 0.3) is 0 Å². The maximum Gasteiger partial charge on any atom is 0.0262 e. The third kappa shape index (κ3) is 6.43. The fourth-order valence-electron chi connectivity index (χ4n) is 0.530. The van der Waals surface area contributed by atoms with E-state index in [-0.39, 0.29) is 0 Å². The molecule has 2 atom stereocenters. The molecule has 0 fully saturated rings. The van der Waals surface area contributed by atoms with E-state index >= 15 is 0 Å². The molecule has 0 amide bonds. The Kier molecular flexibility index (Phi) is 3.65. The van der Waals surface area contributed by atoms with Gasteiger partial charge in [0, 0.05) is 20.5 Å². The van der Waals surface area contributed by atoms with Crippen molar-refractivity contribution in [1.29, 1.82) is 0 Å². The molecular formula is C5H10Si2. The fourth-order valence-corrected chi connectivity index (χ4v) is 1.47. The van der Waals surface area contributed by atoms with E-state index in [1.165, 1.54) is 6.42 Å². The average molecular weight is 126 g/mol. The highest BCUT2D eigenvalue weighted by atomic mass is 28.1. The minimum absolute atomic E-state index is 0.632. The van der Waals surface area contributed by atoms with Crippen LogP contribution in [0.4, 0.5) is 0 Å². The number of hydrogen-bond acceptors (Lipinski definition) is 0. The van der Waals surface area contributed by atoms with Gasteiger partial charge in [0.1, 0.15) is 0 Å². The molecule has 0 aromatic rings. The molecule has 0 aromatic carbocycles. The normalized spacial score (nSPS) is 18.9. The molecule has 38 valence electrons. The van der Waals surface area contributed by atoms with Crippen molar-refractivity contribution in [2.75, 3.05) is 0 Å². The Bertz CT molecular complexity index is 35.3. The smallest absolute Gasteiger partial charge is 0.0262 e. The SMILES string of the molecule is CC([Si])CC(C)[Si]. The topological polar surface area (TPSA) is 0 Å². The zero-order valence-corrected chi connectivity index (χ0v) is 6.86. The lowest BCUT2D eigenvalue weighted by Crippen LogP contribution is -1.90. The molecule has 0 aliphatic heterocycles. The van der Waals surface area contributed by atoms with Gasteiger partial charge in [0.25, 0.3) is 0 Å². The first kappa shape index (κ1) is 7.43. The molecule has 0 saturated carbocycles. The zero-order chi connectivity index (χ0) is 5.86. The van der Waals surface area contributed by atoms with E-state index in [4.69, 9.17) is 0 Å². The molecule has 0 nitrogen and oxygen atoms in total. The molecule has 0 N–H and O–H groups in total. The molecule has 0 saturated heterocycles. The van der Waals surface area contributed by atoms with Crippen molar-refractivity contribution in [1.82, 2.24) is 0 Å². The molecule has 7 heavy (non-hydrogen) atoms. The van der Waals surface area contributed by atoms with E-state index in [9.17, 15) is 0 Å². The van der Waals surface area contributed by atoms with Crippen molar-refractivity contribution in [3.8, 4) is 0 Å². The van der Waals surface area contributed by atoms with Gasteiger partial charge in [0.15, 0.2) is 0 Å². The molecule has 6 radical (unpaired) electrons. The van der Waals surface area contributed by atoms with Crippen LogP contribution in [0, 0.1) is 0 Å². The second-order valence-electron chi connectivity index (χ2n) is 2.04. The summed E-state index contributed by atoms with van der Waals surface area (Å²) < 4.78 is 0. The van der Waals surface area contributed by atoms with Crippen LogP contribution in [0.3, 0.4) is 0 Å². The lowest BCUT2D eigenvalue weighted by atomic mass is 10.3. The van der Waals surface area contributed by atoms with Gasteiger partial charge in [0.05, 0.1) is 0 Å². The first-order valence-corrected chi connectivity index (χ1v) is 3.70. The summed E-state index contributed by atoms with van der Waals surface area (Å²) in [4.78, 5) is 0. The van der Waals surface area contributed by atoms with Gasteiger partial charge in [-0.05, 0) is 0 Å². The molecule has 0 aliphatic carbocycles. The maximum atomic E-state index is 3.49. The lowest BCUT2D eigenvalue weighted by molar-refractivity contribution is 0.767. The van der Waals surface area contributed by atoms with E-state index in [1.54, 1.807) is 0 Å². The van der Waals surface area contributed by atoms with Crippen LogP contribution in [0.2, 0.25) is 11.1 Å². The summed E-state index contributed by atoms with van der Waals surface area (Å²) in [5.74, 6) is 0. The van der Waals surface area contributed by atoms with Gasteiger partial charge >= 0.3 is 0 Å². The van der Waals surface area contributed by atoms with Crippen molar-refractivity contribution in [2.45, 2.75) is 31.4 Å². The van der Waals surface area contributed by atoms with Crippen LogP contribution in [0.1, 0.15) is 20.3 Å². The van der Waals surface area contributed by atoms with E-state index in [0.717, 1.165) is 0 Å². The number of rotatable bonds is 2. The summed E-state index contributed by atoms with van der Waals surface area (Å²) in [6.07, 6.45) is 1.19. The van der Waals surface area contributed by atoms with Crippen LogP contribution in [0.5, 0.6) is 0 Å². The van der Waals surface area contributed by atoms with Crippen LogP contribution in [0.15, 0.2) is 0 Å². The predicted molar refractivity (Wildman–Crippen MR) is 35.0 cm³/mol. The minimum atomic E-state index is 0.632. The van der Waals surface area contributed by atoms with Crippen LogP contribution in [-0.2, 0) is 0 Å². The zero-order valence-electron chi connectivity index (χ0n) is 4.86. The summed E-state index contributed by atoms with van der Waals surface area (Å²) in [6.45, 7) is 4.29. The van der Waals surface area contributed by atoms with Gasteiger partial charge in [-0.1, -0.05) is 31.4 Å². The third-order valence-corrected chi connectivity index (χ3v) is 1.18. The van der Waals surface area contributed by atoms with Gasteiger partial charge in [-0.2, -0.15) is 0 Å². The Hall–Kier alpha value is 0.434. The molecule has 0 aliphatic rings. The van der Waals surface area contributed by atoms with Gasteiger partial charge in [-0.3, -0.25) is 0 Å². The minimum Gasteiger partial charge on any atom is -0.0656 e. The largest absolute Gasteiger partial charge is 0.0656 e. The van der Waals surface area contributed by atoms with Gasteiger partial charge in [-0.25, -0.2) is 0 Å². The van der Waals surface area contributed by atoms with Crippen LogP contribution in [-0.4, -0.2) is 20.5 Å². The second-order valence-corrected chi connectivity index (χ2v) is 4.01. The van der Waals surface area contributed by atoms with Crippen LogP contribution >= 0.6 is 0 Å². The summed E-state index contributed by atoms with van der Waals surface area (Å²) in [5.41, 5.74) is 1.26. The summed E-state index contributed by atoms with van der Waals surface area (Å²) >= 11 is 0. The lowest BCUT2D eigenvalue weighted by Gasteiger charge is -2.05. The van der Waals surface area contributed by atoms with E-state index in [1.807, 2.05) is 0 Å². The molecule has 0 bridgehead atoms. The Morgan fingerprint density at radius 3 is 1.43 bits per heavy atom. The molecule has 0 aromatic heterocycles. The highest BCUT2D eigenvalue weighted by Crippen LogP contribution is 2.13. The quantitative estimate of drug-likeness (QED) is 0.490. The van der Waals surface area contributed by atoms with Crippen molar-refractivity contribution in [3.63, 3.8) is 0 Å². The van der Waals surface area contributed by atoms with E-state index in [2.05, 4.69) is 34.3 Å². The molecule has 2 heteroatoms. The third-order valence-electron chi connectivity index (χ3n) is 0.707. The maximum absolute atomic E-state index is 3.49. The molecule has 0 heterocycles. The molecule has 2 unspecified atom stereocenters. The Balaban J connectivity index is 2.95. The van der Waals surface area contributed by atoms with Crippen LogP contribution < -0.4 is 0 Å². The summed E-state index contributed by atoms with van der Waals surface area (Å²) in [6, 6.07) is 0. The molecule has 0 rings (SSSR count).